The fourth-order valence-electron chi connectivity index (χ4n) is 2.25. The first kappa shape index (κ1) is 19.5. The number of carbonyl (C=O) groups is 2. The molecule has 8 nitrogen and oxygen atoms in total. The number of carbonyl (C=O) groups excluding carboxylic acids is 2. The number of rotatable bonds is 5. The van der Waals surface area contributed by atoms with Crippen LogP contribution in [0.1, 0.15) is 20.8 Å². The summed E-state index contributed by atoms with van der Waals surface area (Å²) in [6.07, 6.45) is 4.20. The Balaban J connectivity index is 1.78. The maximum Gasteiger partial charge on any atom is 0.358 e. The van der Waals surface area contributed by atoms with E-state index >= 15 is 0 Å². The van der Waals surface area contributed by atoms with Gasteiger partial charge in [0.05, 0.1) is 35.1 Å². The van der Waals surface area contributed by atoms with Crippen LogP contribution >= 0.6 is 23.2 Å². The highest BCUT2D eigenvalue weighted by molar-refractivity contribution is 6.40. The zero-order valence-corrected chi connectivity index (χ0v) is 16.0. The molecule has 3 rings (SSSR count). The number of amides is 1. The largest absolute Gasteiger partial charge is 0.464 e. The predicted octanol–water partition coefficient (Wildman–Crippen LogP) is 3.96. The van der Waals surface area contributed by atoms with Gasteiger partial charge in [0.2, 0.25) is 0 Å². The summed E-state index contributed by atoms with van der Waals surface area (Å²) < 4.78 is 4.61. The quantitative estimate of drug-likeness (QED) is 0.604. The van der Waals surface area contributed by atoms with Gasteiger partial charge in [0.1, 0.15) is 5.82 Å². The second-order valence-electron chi connectivity index (χ2n) is 5.39. The molecular formula is C18H13Cl2N5O3. The van der Waals surface area contributed by atoms with Gasteiger partial charge in [-0.05, 0) is 18.2 Å². The molecule has 3 aromatic rings. The van der Waals surface area contributed by atoms with E-state index in [-0.39, 0.29) is 27.1 Å². The highest BCUT2D eigenvalue weighted by Gasteiger charge is 2.15. The van der Waals surface area contributed by atoms with Gasteiger partial charge < -0.3 is 15.4 Å². The van der Waals surface area contributed by atoms with Crippen LogP contribution in [-0.2, 0) is 4.74 Å². The number of hydrogen-bond donors (Lipinski definition) is 2. The van der Waals surface area contributed by atoms with Gasteiger partial charge in [0.15, 0.2) is 11.5 Å². The number of aromatic nitrogens is 3. The smallest absolute Gasteiger partial charge is 0.358 e. The van der Waals surface area contributed by atoms with E-state index in [9.17, 15) is 9.59 Å². The van der Waals surface area contributed by atoms with E-state index in [0.717, 1.165) is 0 Å². The van der Waals surface area contributed by atoms with E-state index in [1.807, 2.05) is 0 Å². The van der Waals surface area contributed by atoms with Crippen LogP contribution < -0.4 is 10.6 Å². The Bertz CT molecular complexity index is 1020. The number of methoxy groups -OCH3 is 1. The molecule has 0 fully saturated rings. The molecule has 0 unspecified atom stereocenters. The molecule has 0 saturated heterocycles. The molecule has 0 atom stereocenters. The molecule has 2 N–H and O–H groups in total. The summed E-state index contributed by atoms with van der Waals surface area (Å²) in [5.74, 6) is -0.408. The fraction of sp³-hybridized carbons (Fsp3) is 0.0556. The van der Waals surface area contributed by atoms with E-state index in [4.69, 9.17) is 23.2 Å². The highest BCUT2D eigenvalue weighted by Crippen LogP contribution is 2.25. The van der Waals surface area contributed by atoms with Crippen molar-refractivity contribution >= 4 is 52.4 Å². The molecule has 0 radical (unpaired) electrons. The number of anilines is 3. The third kappa shape index (κ3) is 4.54. The fourth-order valence-corrected chi connectivity index (χ4v) is 2.81. The lowest BCUT2D eigenvalue weighted by atomic mass is 10.2. The minimum absolute atomic E-state index is 0.0466. The minimum atomic E-state index is -0.609. The molecule has 0 aliphatic carbocycles. The van der Waals surface area contributed by atoms with Crippen molar-refractivity contribution in [1.82, 2.24) is 15.0 Å². The van der Waals surface area contributed by atoms with Gasteiger partial charge in [-0.15, -0.1) is 0 Å². The maximum atomic E-state index is 12.5. The SMILES string of the molecule is COC(=O)c1cncc(Nc2cc(NC(=O)c3c(Cl)cccc3Cl)ccn2)n1. The van der Waals surface area contributed by atoms with Gasteiger partial charge in [-0.25, -0.2) is 14.8 Å². The molecule has 0 saturated carbocycles. The highest BCUT2D eigenvalue weighted by atomic mass is 35.5. The third-order valence-electron chi connectivity index (χ3n) is 3.49. The number of esters is 1. The molecule has 2 aromatic heterocycles. The van der Waals surface area contributed by atoms with Crippen molar-refractivity contribution in [1.29, 1.82) is 0 Å². The van der Waals surface area contributed by atoms with Crippen molar-refractivity contribution < 1.29 is 14.3 Å². The van der Waals surface area contributed by atoms with E-state index in [1.54, 1.807) is 30.3 Å². The summed E-state index contributed by atoms with van der Waals surface area (Å²) in [4.78, 5) is 36.2. The molecular weight excluding hydrogens is 405 g/mol. The second kappa shape index (κ2) is 8.64. The number of pyridine rings is 1. The van der Waals surface area contributed by atoms with E-state index < -0.39 is 11.9 Å². The van der Waals surface area contributed by atoms with E-state index in [2.05, 4.69) is 30.3 Å². The van der Waals surface area contributed by atoms with Crippen molar-refractivity contribution in [3.63, 3.8) is 0 Å². The third-order valence-corrected chi connectivity index (χ3v) is 4.12. The van der Waals surface area contributed by atoms with Crippen molar-refractivity contribution in [3.8, 4) is 0 Å². The van der Waals surface area contributed by atoms with Crippen LogP contribution in [0.25, 0.3) is 0 Å². The number of halogens is 2. The summed E-state index contributed by atoms with van der Waals surface area (Å²) >= 11 is 12.1. The van der Waals surface area contributed by atoms with Crippen molar-refractivity contribution in [2.45, 2.75) is 0 Å². The molecule has 0 aliphatic heterocycles. The summed E-state index contributed by atoms with van der Waals surface area (Å²) in [5.41, 5.74) is 0.676. The van der Waals surface area contributed by atoms with Crippen molar-refractivity contribution in [2.24, 2.45) is 0 Å². The summed E-state index contributed by atoms with van der Waals surface area (Å²) in [7, 11) is 1.25. The molecule has 2 heterocycles. The van der Waals surface area contributed by atoms with Crippen LogP contribution in [0.3, 0.4) is 0 Å². The van der Waals surface area contributed by atoms with Gasteiger partial charge in [0, 0.05) is 18.0 Å². The molecule has 0 spiro atoms. The molecule has 0 aliphatic rings. The first-order valence-electron chi connectivity index (χ1n) is 7.86. The standard InChI is InChI=1S/C18H13Cl2N5O3/c1-28-18(27)13-8-21-9-15(24-13)25-14-7-10(5-6-22-14)23-17(26)16-11(19)3-2-4-12(16)20/h2-9H,1H3,(H2,22,23,24,25,26). The molecule has 0 bridgehead atoms. The van der Waals surface area contributed by atoms with Crippen LogP contribution in [0.4, 0.5) is 17.3 Å². The monoisotopic (exact) mass is 417 g/mol. The maximum absolute atomic E-state index is 12.5. The van der Waals surface area contributed by atoms with Gasteiger partial charge in [0.25, 0.3) is 5.91 Å². The minimum Gasteiger partial charge on any atom is -0.464 e. The summed E-state index contributed by atoms with van der Waals surface area (Å²) in [5, 5.41) is 6.10. The Morgan fingerprint density at radius 3 is 2.54 bits per heavy atom. The van der Waals surface area contributed by atoms with Gasteiger partial charge >= 0.3 is 5.97 Å². The zero-order valence-electron chi connectivity index (χ0n) is 14.4. The Morgan fingerprint density at radius 1 is 1.07 bits per heavy atom. The van der Waals surface area contributed by atoms with E-state index in [1.165, 1.54) is 25.7 Å². The molecule has 1 aromatic carbocycles. The number of nitrogens with zero attached hydrogens (tertiary/aromatic N) is 3. The van der Waals surface area contributed by atoms with Crippen LogP contribution in [-0.4, -0.2) is 33.9 Å². The Morgan fingerprint density at radius 2 is 1.82 bits per heavy atom. The summed E-state index contributed by atoms with van der Waals surface area (Å²) in [6, 6.07) is 7.99. The van der Waals surface area contributed by atoms with Gasteiger partial charge in [-0.3, -0.25) is 9.78 Å². The Hall–Kier alpha value is -3.23. The lowest BCUT2D eigenvalue weighted by molar-refractivity contribution is 0.0593. The topological polar surface area (TPSA) is 106 Å². The Kier molecular flexibility index (Phi) is 6.03. The van der Waals surface area contributed by atoms with Crippen LogP contribution in [0, 0.1) is 0 Å². The van der Waals surface area contributed by atoms with Crippen molar-refractivity contribution in [2.75, 3.05) is 17.7 Å². The average molecular weight is 418 g/mol. The van der Waals surface area contributed by atoms with Crippen LogP contribution in [0.5, 0.6) is 0 Å². The average Bonchev–Trinajstić information content (AvgIpc) is 2.67. The lowest BCUT2D eigenvalue weighted by Crippen LogP contribution is -2.13. The molecule has 1 amide bonds. The van der Waals surface area contributed by atoms with Gasteiger partial charge in [-0.1, -0.05) is 29.3 Å². The van der Waals surface area contributed by atoms with E-state index in [0.29, 0.717) is 11.5 Å². The predicted molar refractivity (Wildman–Crippen MR) is 105 cm³/mol. The normalized spacial score (nSPS) is 10.2. The first-order valence-corrected chi connectivity index (χ1v) is 8.62. The zero-order chi connectivity index (χ0) is 20.1. The van der Waals surface area contributed by atoms with Gasteiger partial charge in [-0.2, -0.15) is 0 Å². The first-order chi connectivity index (χ1) is 13.5. The van der Waals surface area contributed by atoms with Crippen LogP contribution in [0.2, 0.25) is 10.0 Å². The number of hydrogen-bond acceptors (Lipinski definition) is 7. The second-order valence-corrected chi connectivity index (χ2v) is 6.20. The molecule has 28 heavy (non-hydrogen) atoms. The number of nitrogens with one attached hydrogen (secondary N) is 2. The molecule has 142 valence electrons. The van der Waals surface area contributed by atoms with Crippen molar-refractivity contribution in [3.05, 3.63) is 70.2 Å². The number of benzene rings is 1. The lowest BCUT2D eigenvalue weighted by Gasteiger charge is -2.10. The number of ether oxygens (including phenoxy) is 1. The Labute approximate surface area is 169 Å². The summed E-state index contributed by atoms with van der Waals surface area (Å²) in [6.45, 7) is 0. The molecule has 10 heteroatoms. The van der Waals surface area contributed by atoms with Crippen LogP contribution in [0.15, 0.2) is 48.9 Å².